The van der Waals surface area contributed by atoms with Crippen LogP contribution < -0.4 is 0 Å². The van der Waals surface area contributed by atoms with Gasteiger partial charge in [-0.05, 0) is 24.8 Å². The highest BCUT2D eigenvalue weighted by Gasteiger charge is 2.10. The fourth-order valence-electron chi connectivity index (χ4n) is 1.01. The summed E-state index contributed by atoms with van der Waals surface area (Å²) in [7, 11) is 1.89. The van der Waals surface area contributed by atoms with Crippen LogP contribution in [0.25, 0.3) is 0 Å². The number of aromatic nitrogens is 4. The Morgan fingerprint density at radius 1 is 1.50 bits per heavy atom. The van der Waals surface area contributed by atoms with Gasteiger partial charge in [-0.15, -0.1) is 0 Å². The zero-order chi connectivity index (χ0) is 10.1. The molecule has 0 fully saturated rings. The standard InChI is InChI=1S/C7H7ClN4S2/c1-4-3-5(12(2)9-4)13-7-6(8)10-14-11-7/h3H,1-2H3. The van der Waals surface area contributed by atoms with E-state index in [0.717, 1.165) is 27.5 Å². The molecule has 0 radical (unpaired) electrons. The molecule has 2 aromatic rings. The smallest absolute Gasteiger partial charge is 0.177 e. The fraction of sp³-hybridized carbons (Fsp3) is 0.286. The second-order valence-electron chi connectivity index (χ2n) is 2.71. The predicted octanol–water partition coefficient (Wildman–Crippen LogP) is 2.38. The Balaban J connectivity index is 2.27. The lowest BCUT2D eigenvalue weighted by molar-refractivity contribution is 0.692. The van der Waals surface area contributed by atoms with Crippen molar-refractivity contribution in [3.8, 4) is 0 Å². The molecule has 2 heterocycles. The lowest BCUT2D eigenvalue weighted by atomic mass is 10.5. The molecule has 0 amide bonds. The van der Waals surface area contributed by atoms with E-state index in [-0.39, 0.29) is 0 Å². The molecule has 0 spiro atoms. The van der Waals surface area contributed by atoms with Gasteiger partial charge in [-0.1, -0.05) is 11.6 Å². The summed E-state index contributed by atoms with van der Waals surface area (Å²) in [4.78, 5) is 0. The van der Waals surface area contributed by atoms with Crippen molar-refractivity contribution >= 4 is 35.1 Å². The molecule has 0 saturated heterocycles. The average molecular weight is 247 g/mol. The van der Waals surface area contributed by atoms with Crippen molar-refractivity contribution in [3.63, 3.8) is 0 Å². The highest BCUT2D eigenvalue weighted by atomic mass is 35.5. The summed E-state index contributed by atoms with van der Waals surface area (Å²) in [6, 6.07) is 1.99. The summed E-state index contributed by atoms with van der Waals surface area (Å²) in [6.07, 6.45) is 0. The normalized spacial score (nSPS) is 10.8. The maximum atomic E-state index is 5.84. The Hall–Kier alpha value is -0.590. The molecule has 7 heteroatoms. The summed E-state index contributed by atoms with van der Waals surface area (Å²) in [5, 5.41) is 6.43. The first-order valence-corrected chi connectivity index (χ1v) is 5.76. The highest BCUT2D eigenvalue weighted by molar-refractivity contribution is 7.99. The van der Waals surface area contributed by atoms with Gasteiger partial charge in [0.25, 0.3) is 0 Å². The van der Waals surface area contributed by atoms with Crippen molar-refractivity contribution in [3.05, 3.63) is 16.9 Å². The van der Waals surface area contributed by atoms with Crippen molar-refractivity contribution in [1.82, 2.24) is 18.5 Å². The van der Waals surface area contributed by atoms with Crippen LogP contribution in [0.1, 0.15) is 5.69 Å². The van der Waals surface area contributed by atoms with Crippen molar-refractivity contribution in [1.29, 1.82) is 0 Å². The van der Waals surface area contributed by atoms with Gasteiger partial charge in [0.05, 0.1) is 17.4 Å². The molecule has 0 aromatic carbocycles. The van der Waals surface area contributed by atoms with Crippen LogP contribution in [0.4, 0.5) is 0 Å². The van der Waals surface area contributed by atoms with E-state index in [0.29, 0.717) is 5.15 Å². The molecule has 0 atom stereocenters. The molecule has 74 valence electrons. The molecule has 14 heavy (non-hydrogen) atoms. The largest absolute Gasteiger partial charge is 0.261 e. The third kappa shape index (κ3) is 1.92. The molecular formula is C7H7ClN4S2. The van der Waals surface area contributed by atoms with Gasteiger partial charge in [0.2, 0.25) is 0 Å². The summed E-state index contributed by atoms with van der Waals surface area (Å²) < 4.78 is 9.78. The second-order valence-corrected chi connectivity index (χ2v) is 4.61. The van der Waals surface area contributed by atoms with E-state index in [1.54, 1.807) is 4.68 Å². The number of nitrogens with zero attached hydrogens (tertiary/aromatic N) is 4. The molecule has 0 aliphatic rings. The minimum Gasteiger partial charge on any atom is -0.261 e. The van der Waals surface area contributed by atoms with Gasteiger partial charge in [-0.25, -0.2) is 0 Å². The monoisotopic (exact) mass is 246 g/mol. The first kappa shape index (κ1) is 9.95. The topological polar surface area (TPSA) is 43.6 Å². The maximum absolute atomic E-state index is 5.84. The fourth-order valence-corrected chi connectivity index (χ4v) is 2.71. The van der Waals surface area contributed by atoms with Crippen molar-refractivity contribution in [2.45, 2.75) is 17.0 Å². The maximum Gasteiger partial charge on any atom is 0.177 e. The molecule has 4 nitrogen and oxygen atoms in total. The zero-order valence-corrected chi connectivity index (χ0v) is 9.95. The highest BCUT2D eigenvalue weighted by Crippen LogP contribution is 2.31. The average Bonchev–Trinajstić information content (AvgIpc) is 2.62. The Bertz CT molecular complexity index is 450. The molecule has 0 unspecified atom stereocenters. The molecule has 2 rings (SSSR count). The van der Waals surface area contributed by atoms with Gasteiger partial charge in [-0.3, -0.25) is 4.68 Å². The second kappa shape index (κ2) is 3.88. The van der Waals surface area contributed by atoms with Crippen LogP contribution in [0.5, 0.6) is 0 Å². The van der Waals surface area contributed by atoms with Gasteiger partial charge in [0.15, 0.2) is 10.2 Å². The Morgan fingerprint density at radius 2 is 2.29 bits per heavy atom. The lowest BCUT2D eigenvalue weighted by Gasteiger charge is -1.96. The minimum atomic E-state index is 0.457. The van der Waals surface area contributed by atoms with Crippen LogP contribution >= 0.6 is 35.1 Å². The number of rotatable bonds is 2. The lowest BCUT2D eigenvalue weighted by Crippen LogP contribution is -1.92. The Labute approximate surface area is 94.6 Å². The van der Waals surface area contributed by atoms with E-state index < -0.39 is 0 Å². The van der Waals surface area contributed by atoms with E-state index in [1.165, 1.54) is 11.8 Å². The summed E-state index contributed by atoms with van der Waals surface area (Å²) >= 11 is 8.42. The van der Waals surface area contributed by atoms with E-state index in [4.69, 9.17) is 11.6 Å². The Kier molecular flexibility index (Phi) is 2.76. The molecule has 0 saturated carbocycles. The van der Waals surface area contributed by atoms with Crippen LogP contribution in [0.15, 0.2) is 16.1 Å². The molecule has 2 aromatic heterocycles. The van der Waals surface area contributed by atoms with E-state index >= 15 is 0 Å². The number of hydrogen-bond acceptors (Lipinski definition) is 5. The zero-order valence-electron chi connectivity index (χ0n) is 7.56. The molecule has 0 aliphatic carbocycles. The predicted molar refractivity (Wildman–Crippen MR) is 57.0 cm³/mol. The first-order valence-electron chi connectivity index (χ1n) is 3.83. The van der Waals surface area contributed by atoms with E-state index in [2.05, 4.69) is 13.8 Å². The number of hydrogen-bond donors (Lipinski definition) is 0. The quantitative estimate of drug-likeness (QED) is 0.816. The third-order valence-corrected chi connectivity index (χ3v) is 3.77. The van der Waals surface area contributed by atoms with Crippen LogP contribution in [0.3, 0.4) is 0 Å². The van der Waals surface area contributed by atoms with Crippen LogP contribution in [0, 0.1) is 6.92 Å². The van der Waals surface area contributed by atoms with Gasteiger partial charge in [-0.2, -0.15) is 13.8 Å². The van der Waals surface area contributed by atoms with Crippen molar-refractivity contribution in [2.24, 2.45) is 7.05 Å². The van der Waals surface area contributed by atoms with Gasteiger partial charge in [0.1, 0.15) is 5.03 Å². The third-order valence-electron chi connectivity index (χ3n) is 1.58. The van der Waals surface area contributed by atoms with Crippen LogP contribution in [-0.4, -0.2) is 18.5 Å². The van der Waals surface area contributed by atoms with Gasteiger partial charge >= 0.3 is 0 Å². The molecule has 0 bridgehead atoms. The van der Waals surface area contributed by atoms with Crippen LogP contribution in [0.2, 0.25) is 5.15 Å². The molecular weight excluding hydrogens is 240 g/mol. The van der Waals surface area contributed by atoms with Gasteiger partial charge < -0.3 is 0 Å². The minimum absolute atomic E-state index is 0.457. The molecule has 0 aliphatic heterocycles. The van der Waals surface area contributed by atoms with Gasteiger partial charge in [0, 0.05) is 7.05 Å². The van der Waals surface area contributed by atoms with E-state index in [1.807, 2.05) is 20.0 Å². The summed E-state index contributed by atoms with van der Waals surface area (Å²) in [6.45, 7) is 1.95. The SMILES string of the molecule is Cc1cc(Sc2nsnc2Cl)n(C)n1. The van der Waals surface area contributed by atoms with Crippen molar-refractivity contribution < 1.29 is 0 Å². The first-order chi connectivity index (χ1) is 6.66. The molecule has 0 N–H and O–H groups in total. The number of aryl methyl sites for hydroxylation is 2. The summed E-state index contributed by atoms with van der Waals surface area (Å²) in [5.41, 5.74) is 0.981. The van der Waals surface area contributed by atoms with Crippen molar-refractivity contribution in [2.75, 3.05) is 0 Å². The Morgan fingerprint density at radius 3 is 2.79 bits per heavy atom. The van der Waals surface area contributed by atoms with E-state index in [9.17, 15) is 0 Å². The van der Waals surface area contributed by atoms with Crippen LogP contribution in [-0.2, 0) is 7.05 Å². The number of halogens is 1. The summed E-state index contributed by atoms with van der Waals surface area (Å²) in [5.74, 6) is 0.